The van der Waals surface area contributed by atoms with Gasteiger partial charge in [0.1, 0.15) is 11.4 Å². The maximum atomic E-state index is 12.3. The number of carbonyl (C=O) groups is 1. The van der Waals surface area contributed by atoms with Crippen LogP contribution in [0.25, 0.3) is 11.3 Å². The molecule has 2 heterocycles. The van der Waals surface area contributed by atoms with Crippen molar-refractivity contribution >= 4 is 5.91 Å². The van der Waals surface area contributed by atoms with Crippen LogP contribution in [0.3, 0.4) is 0 Å². The van der Waals surface area contributed by atoms with Gasteiger partial charge in [0.25, 0.3) is 5.91 Å². The lowest BCUT2D eigenvalue weighted by Gasteiger charge is -2.14. The van der Waals surface area contributed by atoms with Crippen molar-refractivity contribution in [1.82, 2.24) is 15.5 Å². The zero-order chi connectivity index (χ0) is 17.4. The van der Waals surface area contributed by atoms with E-state index in [1.54, 1.807) is 7.11 Å². The number of aryl methyl sites for hydroxylation is 1. The average Bonchev–Trinajstić information content (AvgIpc) is 3.23. The van der Waals surface area contributed by atoms with Gasteiger partial charge in [-0.3, -0.25) is 9.89 Å². The summed E-state index contributed by atoms with van der Waals surface area (Å²) in [6.07, 6.45) is 0.991. The van der Waals surface area contributed by atoms with Crippen LogP contribution >= 0.6 is 0 Å². The molecule has 126 valence electrons. The van der Waals surface area contributed by atoms with Crippen LogP contribution in [0, 0.1) is 0 Å². The summed E-state index contributed by atoms with van der Waals surface area (Å²) in [6, 6.07) is 15.9. The maximum absolute atomic E-state index is 12.3. The van der Waals surface area contributed by atoms with Crippen molar-refractivity contribution in [2.24, 2.45) is 0 Å². The molecule has 2 aromatic carbocycles. The summed E-state index contributed by atoms with van der Waals surface area (Å²) >= 11 is 0. The molecule has 0 saturated carbocycles. The second-order valence-electron chi connectivity index (χ2n) is 6.09. The van der Waals surface area contributed by atoms with Gasteiger partial charge in [0, 0.05) is 11.1 Å². The van der Waals surface area contributed by atoms with E-state index in [0.29, 0.717) is 5.69 Å². The molecular formula is C20H19N3O2. The van der Waals surface area contributed by atoms with Crippen LogP contribution in [-0.2, 0) is 6.42 Å². The minimum Gasteiger partial charge on any atom is -0.497 e. The molecule has 1 amide bonds. The lowest BCUT2D eigenvalue weighted by atomic mass is 9.96. The standard InChI is InChI=1S/C20H19N3O2/c1-3-12-4-6-13(7-5-12)17-16-18(22-23-19(16)20(24)21-17)14-8-10-15(25-2)11-9-14/h4-11,17H,3H2,1-2H3,(H,21,24)(H,22,23). The molecule has 4 rings (SSSR count). The van der Waals surface area contributed by atoms with Gasteiger partial charge in [0.2, 0.25) is 0 Å². The third kappa shape index (κ3) is 2.58. The van der Waals surface area contributed by atoms with Crippen LogP contribution in [0.1, 0.15) is 40.1 Å². The molecule has 1 atom stereocenters. The molecule has 0 bridgehead atoms. The number of H-pyrrole nitrogens is 1. The molecule has 1 aliphatic rings. The number of amides is 1. The van der Waals surface area contributed by atoms with E-state index in [2.05, 4.69) is 46.7 Å². The number of nitrogens with one attached hydrogen (secondary N) is 2. The van der Waals surface area contributed by atoms with E-state index >= 15 is 0 Å². The maximum Gasteiger partial charge on any atom is 0.270 e. The Morgan fingerprint density at radius 3 is 2.44 bits per heavy atom. The van der Waals surface area contributed by atoms with E-state index in [-0.39, 0.29) is 11.9 Å². The summed E-state index contributed by atoms with van der Waals surface area (Å²) in [5, 5.41) is 10.3. The Labute approximate surface area is 146 Å². The molecular weight excluding hydrogens is 314 g/mol. The Hall–Kier alpha value is -3.08. The zero-order valence-electron chi connectivity index (χ0n) is 14.2. The molecule has 0 fully saturated rings. The lowest BCUT2D eigenvalue weighted by molar-refractivity contribution is 0.0955. The van der Waals surface area contributed by atoms with Crippen LogP contribution in [0.4, 0.5) is 0 Å². The highest BCUT2D eigenvalue weighted by molar-refractivity contribution is 6.00. The summed E-state index contributed by atoms with van der Waals surface area (Å²) in [5.74, 6) is 0.670. The Balaban J connectivity index is 1.77. The number of carbonyl (C=O) groups excluding carboxylic acids is 1. The lowest BCUT2D eigenvalue weighted by Crippen LogP contribution is -2.21. The topological polar surface area (TPSA) is 67.0 Å². The largest absolute Gasteiger partial charge is 0.497 e. The summed E-state index contributed by atoms with van der Waals surface area (Å²) < 4.78 is 5.21. The highest BCUT2D eigenvalue weighted by atomic mass is 16.5. The number of aromatic amines is 1. The summed E-state index contributed by atoms with van der Waals surface area (Å²) in [6.45, 7) is 2.13. The number of hydrogen-bond donors (Lipinski definition) is 2. The smallest absolute Gasteiger partial charge is 0.270 e. The fourth-order valence-electron chi connectivity index (χ4n) is 3.24. The summed E-state index contributed by atoms with van der Waals surface area (Å²) in [7, 11) is 1.64. The van der Waals surface area contributed by atoms with E-state index in [1.807, 2.05) is 24.3 Å². The van der Waals surface area contributed by atoms with Crippen molar-refractivity contribution in [2.45, 2.75) is 19.4 Å². The Bertz CT molecular complexity index is 911. The average molecular weight is 333 g/mol. The zero-order valence-corrected chi connectivity index (χ0v) is 14.2. The fraction of sp³-hybridized carbons (Fsp3) is 0.200. The monoisotopic (exact) mass is 333 g/mol. The van der Waals surface area contributed by atoms with Crippen LogP contribution in [0.2, 0.25) is 0 Å². The van der Waals surface area contributed by atoms with Crippen molar-refractivity contribution in [3.05, 3.63) is 70.9 Å². The molecule has 5 heteroatoms. The normalized spacial score (nSPS) is 15.8. The Morgan fingerprint density at radius 2 is 1.80 bits per heavy atom. The second-order valence-corrected chi connectivity index (χ2v) is 6.09. The second kappa shape index (κ2) is 6.09. The van der Waals surface area contributed by atoms with Gasteiger partial charge in [-0.2, -0.15) is 5.10 Å². The number of rotatable bonds is 4. The first-order chi connectivity index (χ1) is 12.2. The third-order valence-corrected chi connectivity index (χ3v) is 4.68. The van der Waals surface area contributed by atoms with Gasteiger partial charge >= 0.3 is 0 Å². The molecule has 0 radical (unpaired) electrons. The first kappa shape index (κ1) is 15.4. The molecule has 0 aliphatic carbocycles. The number of fused-ring (bicyclic) bond motifs is 1. The van der Waals surface area contributed by atoms with Crippen LogP contribution in [0.15, 0.2) is 48.5 Å². The summed E-state index contributed by atoms with van der Waals surface area (Å²) in [5.41, 5.74) is 5.51. The van der Waals surface area contributed by atoms with E-state index in [4.69, 9.17) is 4.74 Å². The van der Waals surface area contributed by atoms with Gasteiger partial charge in [-0.05, 0) is 41.8 Å². The van der Waals surface area contributed by atoms with Gasteiger partial charge < -0.3 is 10.1 Å². The van der Waals surface area contributed by atoms with E-state index in [9.17, 15) is 4.79 Å². The fourth-order valence-corrected chi connectivity index (χ4v) is 3.24. The number of benzene rings is 2. The SMILES string of the molecule is CCc1ccc(C2NC(=O)c3[nH]nc(-c4ccc(OC)cc4)c32)cc1. The van der Waals surface area contributed by atoms with Crippen LogP contribution in [-0.4, -0.2) is 23.2 Å². The number of ether oxygens (including phenoxy) is 1. The van der Waals surface area contributed by atoms with E-state index in [0.717, 1.165) is 34.6 Å². The molecule has 25 heavy (non-hydrogen) atoms. The van der Waals surface area contributed by atoms with Crippen molar-refractivity contribution in [1.29, 1.82) is 0 Å². The number of nitrogens with zero attached hydrogens (tertiary/aromatic N) is 1. The molecule has 0 saturated heterocycles. The van der Waals surface area contributed by atoms with Gasteiger partial charge in [-0.15, -0.1) is 0 Å². The minimum atomic E-state index is -0.191. The minimum absolute atomic E-state index is 0.119. The van der Waals surface area contributed by atoms with Gasteiger partial charge in [0.05, 0.1) is 18.8 Å². The molecule has 1 unspecified atom stereocenters. The molecule has 5 nitrogen and oxygen atoms in total. The molecule has 2 N–H and O–H groups in total. The summed E-state index contributed by atoms with van der Waals surface area (Å²) in [4.78, 5) is 12.3. The Kier molecular flexibility index (Phi) is 3.76. The number of methoxy groups -OCH3 is 1. The van der Waals surface area contributed by atoms with Gasteiger partial charge in [-0.25, -0.2) is 0 Å². The molecule has 3 aromatic rings. The van der Waals surface area contributed by atoms with Crippen LogP contribution < -0.4 is 10.1 Å². The van der Waals surface area contributed by atoms with Crippen molar-refractivity contribution in [2.75, 3.05) is 7.11 Å². The van der Waals surface area contributed by atoms with Gasteiger partial charge in [0.15, 0.2) is 0 Å². The highest BCUT2D eigenvalue weighted by Crippen LogP contribution is 2.37. The molecule has 1 aliphatic heterocycles. The number of hydrogen-bond acceptors (Lipinski definition) is 3. The molecule has 1 aromatic heterocycles. The quantitative estimate of drug-likeness (QED) is 0.768. The van der Waals surface area contributed by atoms with Gasteiger partial charge in [-0.1, -0.05) is 31.2 Å². The first-order valence-electron chi connectivity index (χ1n) is 8.33. The van der Waals surface area contributed by atoms with Crippen molar-refractivity contribution < 1.29 is 9.53 Å². The van der Waals surface area contributed by atoms with Crippen molar-refractivity contribution in [3.63, 3.8) is 0 Å². The van der Waals surface area contributed by atoms with Crippen LogP contribution in [0.5, 0.6) is 5.75 Å². The highest BCUT2D eigenvalue weighted by Gasteiger charge is 2.35. The number of aromatic nitrogens is 2. The Morgan fingerprint density at radius 1 is 1.08 bits per heavy atom. The van der Waals surface area contributed by atoms with E-state index in [1.165, 1.54) is 5.56 Å². The first-order valence-corrected chi connectivity index (χ1v) is 8.33. The molecule has 0 spiro atoms. The predicted octanol–water partition coefficient (Wildman–Crippen LogP) is 3.48. The predicted molar refractivity (Wildman–Crippen MR) is 95.7 cm³/mol. The van der Waals surface area contributed by atoms with E-state index < -0.39 is 0 Å². The van der Waals surface area contributed by atoms with Crippen molar-refractivity contribution in [3.8, 4) is 17.0 Å². The third-order valence-electron chi connectivity index (χ3n) is 4.68.